The molecule has 33 heavy (non-hydrogen) atoms. The minimum atomic E-state index is -0.760. The predicted molar refractivity (Wildman–Crippen MR) is 129 cm³/mol. The molecular formula is C23H24BrN7O2. The second-order valence-electron chi connectivity index (χ2n) is 8.80. The number of rotatable bonds is 6. The monoisotopic (exact) mass is 509 g/mol. The van der Waals surface area contributed by atoms with Gasteiger partial charge < -0.3 is 16.2 Å². The van der Waals surface area contributed by atoms with Gasteiger partial charge in [-0.2, -0.15) is 10.1 Å². The molecule has 0 bridgehead atoms. The fourth-order valence-corrected chi connectivity index (χ4v) is 5.02. The van der Waals surface area contributed by atoms with Crippen LogP contribution in [0.15, 0.2) is 41.3 Å². The maximum absolute atomic E-state index is 11.6. The second kappa shape index (κ2) is 8.35. The molecule has 3 aromatic heterocycles. The quantitative estimate of drug-likeness (QED) is 0.358. The molecule has 4 N–H and O–H groups in total. The van der Waals surface area contributed by atoms with E-state index in [2.05, 4.69) is 36.3 Å². The molecule has 4 aromatic rings. The SMILES string of the molecule is C[C@@]1(C(=O)O)CC[C@@H](Nc2ncc3c(Br)nn(-c4cc(CCN)c5ncccc5c4)c3n2)C1. The molecule has 9 nitrogen and oxygen atoms in total. The number of nitrogens with one attached hydrogen (secondary N) is 1. The average Bonchev–Trinajstić information content (AvgIpc) is 3.34. The third kappa shape index (κ3) is 3.93. The first-order chi connectivity index (χ1) is 15.9. The molecule has 0 unspecified atom stereocenters. The number of aromatic nitrogens is 5. The summed E-state index contributed by atoms with van der Waals surface area (Å²) in [6.07, 6.45) is 6.13. The van der Waals surface area contributed by atoms with Gasteiger partial charge in [0.1, 0.15) is 4.60 Å². The number of carboxylic acid groups (broad SMARTS) is 1. The number of halogens is 1. The Balaban J connectivity index is 1.54. The highest BCUT2D eigenvalue weighted by molar-refractivity contribution is 9.10. The Hall–Kier alpha value is -3.11. The van der Waals surface area contributed by atoms with Crippen LogP contribution < -0.4 is 11.1 Å². The number of aliphatic carboxylic acids is 1. The van der Waals surface area contributed by atoms with Gasteiger partial charge in [-0.25, -0.2) is 9.67 Å². The smallest absolute Gasteiger partial charge is 0.309 e. The number of nitrogens with zero attached hydrogens (tertiary/aromatic N) is 5. The van der Waals surface area contributed by atoms with Crippen LogP contribution in [0.1, 0.15) is 31.7 Å². The number of fused-ring (bicyclic) bond motifs is 2. The normalized spacial score (nSPS) is 20.5. The van der Waals surface area contributed by atoms with Gasteiger partial charge in [0, 0.05) is 23.8 Å². The summed E-state index contributed by atoms with van der Waals surface area (Å²) >= 11 is 3.53. The van der Waals surface area contributed by atoms with Gasteiger partial charge in [0.25, 0.3) is 0 Å². The number of hydrogen-bond acceptors (Lipinski definition) is 7. The molecule has 0 radical (unpaired) electrons. The molecule has 1 aromatic carbocycles. The number of benzene rings is 1. The third-order valence-electron chi connectivity index (χ3n) is 6.40. The Kier molecular flexibility index (Phi) is 5.49. The van der Waals surface area contributed by atoms with Gasteiger partial charge in [0.05, 0.1) is 22.0 Å². The summed E-state index contributed by atoms with van der Waals surface area (Å²) in [6.45, 7) is 2.31. The van der Waals surface area contributed by atoms with E-state index < -0.39 is 11.4 Å². The van der Waals surface area contributed by atoms with Gasteiger partial charge >= 0.3 is 5.97 Å². The first kappa shape index (κ1) is 21.7. The zero-order valence-corrected chi connectivity index (χ0v) is 19.7. The van der Waals surface area contributed by atoms with E-state index in [4.69, 9.17) is 10.7 Å². The summed E-state index contributed by atoms with van der Waals surface area (Å²) in [5, 5.41) is 19.3. The minimum absolute atomic E-state index is 0.00580. The minimum Gasteiger partial charge on any atom is -0.481 e. The van der Waals surface area contributed by atoms with Crippen molar-refractivity contribution in [3.63, 3.8) is 0 Å². The predicted octanol–water partition coefficient (Wildman–Crippen LogP) is 3.68. The first-order valence-electron chi connectivity index (χ1n) is 10.9. The van der Waals surface area contributed by atoms with Crippen molar-refractivity contribution < 1.29 is 9.90 Å². The molecule has 1 aliphatic carbocycles. The van der Waals surface area contributed by atoms with E-state index in [1.165, 1.54) is 0 Å². The second-order valence-corrected chi connectivity index (χ2v) is 9.55. The van der Waals surface area contributed by atoms with Crippen molar-refractivity contribution in [1.29, 1.82) is 0 Å². The lowest BCUT2D eigenvalue weighted by Gasteiger charge is -2.18. The Bertz CT molecular complexity index is 1370. The lowest BCUT2D eigenvalue weighted by atomic mass is 9.89. The van der Waals surface area contributed by atoms with Crippen molar-refractivity contribution in [2.24, 2.45) is 11.1 Å². The lowest BCUT2D eigenvalue weighted by Crippen LogP contribution is -2.27. The summed E-state index contributed by atoms with van der Waals surface area (Å²) in [5.74, 6) is -0.301. The summed E-state index contributed by atoms with van der Waals surface area (Å²) in [4.78, 5) is 25.3. The number of nitrogens with two attached hydrogens (primary N) is 1. The van der Waals surface area contributed by atoms with E-state index in [1.54, 1.807) is 24.0 Å². The molecule has 5 rings (SSSR count). The maximum Gasteiger partial charge on any atom is 0.309 e. The van der Waals surface area contributed by atoms with Gasteiger partial charge in [-0.1, -0.05) is 6.07 Å². The van der Waals surface area contributed by atoms with Crippen molar-refractivity contribution in [3.8, 4) is 5.69 Å². The van der Waals surface area contributed by atoms with Gasteiger partial charge in [0.2, 0.25) is 5.95 Å². The van der Waals surface area contributed by atoms with Crippen LogP contribution in [0.2, 0.25) is 0 Å². The molecule has 1 saturated carbocycles. The van der Waals surface area contributed by atoms with Crippen LogP contribution in [0.25, 0.3) is 27.6 Å². The molecule has 3 heterocycles. The van der Waals surface area contributed by atoms with Crippen LogP contribution in [0.4, 0.5) is 5.95 Å². The highest BCUT2D eigenvalue weighted by Gasteiger charge is 2.41. The van der Waals surface area contributed by atoms with Gasteiger partial charge in [0.15, 0.2) is 5.65 Å². The first-order valence-corrected chi connectivity index (χ1v) is 11.7. The molecular weight excluding hydrogens is 486 g/mol. The molecule has 0 amide bonds. The summed E-state index contributed by atoms with van der Waals surface area (Å²) in [6, 6.07) is 8.02. The van der Waals surface area contributed by atoms with Crippen LogP contribution in [0.3, 0.4) is 0 Å². The maximum atomic E-state index is 11.6. The van der Waals surface area contributed by atoms with Gasteiger partial charge in [-0.15, -0.1) is 0 Å². The standard InChI is InChI=1S/C23H24BrN7O2/c1-23(21(32)33)6-4-15(11-23)28-22-27-12-17-19(24)30-31(20(17)29-22)16-9-13-3-2-8-26-18(13)14(10-16)5-7-25/h2-3,8-10,12,15H,4-7,11,25H2,1H3,(H,32,33)(H,27,28,29)/t15-,23-/m1/s1. The van der Waals surface area contributed by atoms with E-state index in [0.717, 1.165) is 34.0 Å². The summed E-state index contributed by atoms with van der Waals surface area (Å²) < 4.78 is 2.43. The van der Waals surface area contributed by atoms with E-state index in [0.29, 0.717) is 42.0 Å². The molecule has 1 fully saturated rings. The topological polar surface area (TPSA) is 132 Å². The van der Waals surface area contributed by atoms with E-state index >= 15 is 0 Å². The van der Waals surface area contributed by atoms with Crippen LogP contribution in [-0.2, 0) is 11.2 Å². The van der Waals surface area contributed by atoms with Crippen molar-refractivity contribution in [3.05, 3.63) is 46.8 Å². The van der Waals surface area contributed by atoms with E-state index in [9.17, 15) is 9.90 Å². The van der Waals surface area contributed by atoms with Crippen LogP contribution in [-0.4, -0.2) is 48.4 Å². The molecule has 0 aliphatic heterocycles. The van der Waals surface area contributed by atoms with Crippen molar-refractivity contribution >= 4 is 49.8 Å². The number of carbonyl (C=O) groups is 1. The number of anilines is 1. The molecule has 1 aliphatic rings. The van der Waals surface area contributed by atoms with Crippen LogP contribution in [0.5, 0.6) is 0 Å². The molecule has 170 valence electrons. The van der Waals surface area contributed by atoms with Crippen molar-refractivity contribution in [1.82, 2.24) is 24.7 Å². The molecule has 0 spiro atoms. The highest BCUT2D eigenvalue weighted by atomic mass is 79.9. The largest absolute Gasteiger partial charge is 0.481 e. The number of pyridine rings is 1. The van der Waals surface area contributed by atoms with Crippen molar-refractivity contribution in [2.75, 3.05) is 11.9 Å². The Morgan fingerprint density at radius 3 is 3.00 bits per heavy atom. The van der Waals surface area contributed by atoms with Crippen molar-refractivity contribution in [2.45, 2.75) is 38.6 Å². The number of hydrogen-bond donors (Lipinski definition) is 3. The Labute approximate surface area is 198 Å². The molecule has 2 atom stereocenters. The van der Waals surface area contributed by atoms with Crippen LogP contribution in [0, 0.1) is 5.41 Å². The third-order valence-corrected chi connectivity index (χ3v) is 6.98. The number of carboxylic acids is 1. The summed E-state index contributed by atoms with van der Waals surface area (Å²) in [7, 11) is 0. The molecule has 0 saturated heterocycles. The lowest BCUT2D eigenvalue weighted by molar-refractivity contribution is -0.147. The van der Waals surface area contributed by atoms with E-state index in [-0.39, 0.29) is 6.04 Å². The molecule has 10 heteroatoms. The van der Waals surface area contributed by atoms with Gasteiger partial charge in [-0.3, -0.25) is 9.78 Å². The van der Waals surface area contributed by atoms with Gasteiger partial charge in [-0.05, 0) is 78.8 Å². The fraction of sp³-hybridized carbons (Fsp3) is 0.348. The average molecular weight is 510 g/mol. The zero-order valence-electron chi connectivity index (χ0n) is 18.1. The Morgan fingerprint density at radius 1 is 1.39 bits per heavy atom. The zero-order chi connectivity index (χ0) is 23.2. The van der Waals surface area contributed by atoms with Crippen LogP contribution >= 0.6 is 15.9 Å². The highest BCUT2D eigenvalue weighted by Crippen LogP contribution is 2.39. The van der Waals surface area contributed by atoms with E-state index in [1.807, 2.05) is 24.3 Å². The summed E-state index contributed by atoms with van der Waals surface area (Å²) in [5.41, 5.74) is 8.63. The Morgan fingerprint density at radius 2 is 2.24 bits per heavy atom. The fourth-order valence-electron chi connectivity index (χ4n) is 4.58.